The fourth-order valence-electron chi connectivity index (χ4n) is 2.86. The quantitative estimate of drug-likeness (QED) is 0.458. The molecule has 0 saturated carbocycles. The summed E-state index contributed by atoms with van der Waals surface area (Å²) >= 11 is 0. The predicted molar refractivity (Wildman–Crippen MR) is 108 cm³/mol. The van der Waals surface area contributed by atoms with Crippen molar-refractivity contribution in [2.24, 2.45) is 0 Å². The van der Waals surface area contributed by atoms with Gasteiger partial charge < -0.3 is 10.1 Å². The van der Waals surface area contributed by atoms with Gasteiger partial charge in [-0.05, 0) is 36.4 Å². The lowest BCUT2D eigenvalue weighted by atomic mass is 10.1. The molecule has 0 atom stereocenters. The number of amides is 3. The highest BCUT2D eigenvalue weighted by molar-refractivity contribution is 7.89. The van der Waals surface area contributed by atoms with Crippen LogP contribution in [0.3, 0.4) is 0 Å². The van der Waals surface area contributed by atoms with Gasteiger partial charge in [-0.3, -0.25) is 19.2 Å². The van der Waals surface area contributed by atoms with E-state index in [0.29, 0.717) is 5.69 Å². The molecule has 162 valence electrons. The molecule has 1 heterocycles. The number of fused-ring (bicyclic) bond motifs is 1. The van der Waals surface area contributed by atoms with Crippen molar-refractivity contribution in [2.45, 2.75) is 18.2 Å². The van der Waals surface area contributed by atoms with E-state index in [1.807, 2.05) is 0 Å². The molecule has 0 saturated heterocycles. The van der Waals surface area contributed by atoms with E-state index < -0.39 is 34.5 Å². The lowest BCUT2D eigenvalue weighted by Gasteiger charge is -2.14. The van der Waals surface area contributed by atoms with Gasteiger partial charge in [0.1, 0.15) is 0 Å². The van der Waals surface area contributed by atoms with Gasteiger partial charge in [-0.15, -0.1) is 0 Å². The van der Waals surface area contributed by atoms with Crippen LogP contribution in [-0.4, -0.2) is 50.3 Å². The van der Waals surface area contributed by atoms with Crippen LogP contribution >= 0.6 is 0 Å². The molecule has 0 radical (unpaired) electrons. The normalized spacial score (nSPS) is 13.1. The van der Waals surface area contributed by atoms with Crippen LogP contribution in [0, 0.1) is 0 Å². The zero-order valence-corrected chi connectivity index (χ0v) is 17.3. The lowest BCUT2D eigenvalue weighted by molar-refractivity contribution is -0.146. The second-order valence-corrected chi connectivity index (χ2v) is 8.35. The Hall–Kier alpha value is -3.57. The molecule has 0 spiro atoms. The van der Waals surface area contributed by atoms with Gasteiger partial charge in [0.15, 0.2) is 6.73 Å². The summed E-state index contributed by atoms with van der Waals surface area (Å²) in [6.45, 7) is 0.541. The molecule has 2 aromatic rings. The van der Waals surface area contributed by atoms with Crippen molar-refractivity contribution in [3.05, 3.63) is 59.7 Å². The summed E-state index contributed by atoms with van der Waals surface area (Å²) < 4.78 is 31.8. The van der Waals surface area contributed by atoms with E-state index in [1.54, 1.807) is 12.1 Å². The summed E-state index contributed by atoms with van der Waals surface area (Å²) in [7, 11) is -3.87. The van der Waals surface area contributed by atoms with E-state index in [1.165, 1.54) is 43.3 Å². The smallest absolute Gasteiger partial charge is 0.308 e. The summed E-state index contributed by atoms with van der Waals surface area (Å²) in [5.41, 5.74) is 0.921. The number of benzene rings is 2. The van der Waals surface area contributed by atoms with Crippen molar-refractivity contribution in [1.82, 2.24) is 9.62 Å². The molecule has 10 nitrogen and oxygen atoms in total. The van der Waals surface area contributed by atoms with Crippen molar-refractivity contribution < 1.29 is 32.3 Å². The first-order valence-corrected chi connectivity index (χ1v) is 10.7. The first kappa shape index (κ1) is 22.1. The van der Waals surface area contributed by atoms with Gasteiger partial charge in [-0.25, -0.2) is 18.0 Å². The Labute approximate surface area is 178 Å². The molecule has 11 heteroatoms. The van der Waals surface area contributed by atoms with Crippen LogP contribution in [0.15, 0.2) is 53.4 Å². The van der Waals surface area contributed by atoms with Crippen LogP contribution in [0.4, 0.5) is 5.69 Å². The molecule has 31 heavy (non-hydrogen) atoms. The lowest BCUT2D eigenvalue weighted by Crippen LogP contribution is -2.34. The molecule has 0 unspecified atom stereocenters. The van der Waals surface area contributed by atoms with Crippen molar-refractivity contribution in [3.8, 4) is 0 Å². The van der Waals surface area contributed by atoms with Crippen LogP contribution in [-0.2, 0) is 24.3 Å². The van der Waals surface area contributed by atoms with E-state index >= 15 is 0 Å². The second-order valence-electron chi connectivity index (χ2n) is 6.58. The zero-order valence-electron chi connectivity index (χ0n) is 16.5. The fourth-order valence-corrected chi connectivity index (χ4v) is 3.89. The predicted octanol–water partition coefficient (Wildman–Crippen LogP) is 1.11. The van der Waals surface area contributed by atoms with Crippen molar-refractivity contribution in [1.29, 1.82) is 0 Å². The number of rotatable bonds is 8. The molecule has 1 aliphatic heterocycles. The van der Waals surface area contributed by atoms with Gasteiger partial charge in [0.25, 0.3) is 11.8 Å². The SMILES string of the molecule is CC(=O)Nc1ccc(S(=O)(=O)NCCC(=O)OCN2C(=O)c3ccccc3C2=O)cc1. The minimum Gasteiger partial charge on any atom is -0.444 e. The third kappa shape index (κ3) is 5.13. The second kappa shape index (κ2) is 9.06. The van der Waals surface area contributed by atoms with Crippen molar-refractivity contribution >= 4 is 39.4 Å². The fraction of sp³-hybridized carbons (Fsp3) is 0.200. The number of nitrogens with one attached hydrogen (secondary N) is 2. The molecular weight excluding hydrogens is 426 g/mol. The number of nitrogens with zero attached hydrogens (tertiary/aromatic N) is 1. The molecule has 0 bridgehead atoms. The Bertz CT molecular complexity index is 1110. The third-order valence-corrected chi connectivity index (χ3v) is 5.82. The van der Waals surface area contributed by atoms with E-state index in [2.05, 4.69) is 10.0 Å². The molecule has 1 aliphatic rings. The van der Waals surface area contributed by atoms with E-state index in [-0.39, 0.29) is 34.9 Å². The van der Waals surface area contributed by atoms with Crippen LogP contribution in [0.5, 0.6) is 0 Å². The molecule has 2 N–H and O–H groups in total. The number of hydrogen-bond acceptors (Lipinski definition) is 7. The average molecular weight is 445 g/mol. The molecule has 0 fully saturated rings. The standard InChI is InChI=1S/C20H19N3O7S/c1-13(24)22-14-6-8-15(9-7-14)31(28,29)21-11-10-18(25)30-12-23-19(26)16-4-2-3-5-17(16)20(23)27/h2-9,21H,10-12H2,1H3,(H,22,24). The Morgan fingerprint density at radius 2 is 1.55 bits per heavy atom. The maximum atomic E-state index is 12.3. The summed E-state index contributed by atoms with van der Waals surface area (Å²) in [5, 5.41) is 2.52. The first-order chi connectivity index (χ1) is 14.7. The molecule has 3 amide bonds. The van der Waals surface area contributed by atoms with Gasteiger partial charge >= 0.3 is 5.97 Å². The minimum atomic E-state index is -3.87. The Balaban J connectivity index is 1.47. The van der Waals surface area contributed by atoms with Gasteiger partial charge in [-0.2, -0.15) is 0 Å². The summed E-state index contributed by atoms with van der Waals surface area (Å²) in [5.74, 6) is -2.18. The number of anilines is 1. The highest BCUT2D eigenvalue weighted by Gasteiger charge is 2.35. The number of carbonyl (C=O) groups excluding carboxylic acids is 4. The number of ether oxygens (including phenoxy) is 1. The van der Waals surface area contributed by atoms with Crippen LogP contribution in [0.25, 0.3) is 0 Å². The highest BCUT2D eigenvalue weighted by atomic mass is 32.2. The van der Waals surface area contributed by atoms with Gasteiger partial charge in [0, 0.05) is 19.2 Å². The van der Waals surface area contributed by atoms with E-state index in [9.17, 15) is 27.6 Å². The first-order valence-electron chi connectivity index (χ1n) is 9.17. The molecule has 2 aromatic carbocycles. The van der Waals surface area contributed by atoms with Crippen LogP contribution in [0.2, 0.25) is 0 Å². The summed E-state index contributed by atoms with van der Waals surface area (Å²) in [4.78, 5) is 48.1. The summed E-state index contributed by atoms with van der Waals surface area (Å²) in [6, 6.07) is 11.8. The third-order valence-electron chi connectivity index (χ3n) is 4.34. The average Bonchev–Trinajstić information content (AvgIpc) is 2.97. The number of esters is 1. The number of carbonyl (C=O) groups is 4. The maximum absolute atomic E-state index is 12.3. The number of imide groups is 1. The topological polar surface area (TPSA) is 139 Å². The van der Waals surface area contributed by atoms with Gasteiger partial charge in [-0.1, -0.05) is 12.1 Å². The molecule has 0 aromatic heterocycles. The Morgan fingerprint density at radius 1 is 0.968 bits per heavy atom. The van der Waals surface area contributed by atoms with Crippen LogP contribution in [0.1, 0.15) is 34.1 Å². The Kier molecular flexibility index (Phi) is 6.47. The summed E-state index contributed by atoms with van der Waals surface area (Å²) in [6.07, 6.45) is -0.299. The van der Waals surface area contributed by atoms with E-state index in [0.717, 1.165) is 4.90 Å². The number of sulfonamides is 1. The van der Waals surface area contributed by atoms with Gasteiger partial charge in [0.2, 0.25) is 15.9 Å². The van der Waals surface area contributed by atoms with Crippen molar-refractivity contribution in [2.75, 3.05) is 18.6 Å². The van der Waals surface area contributed by atoms with Gasteiger partial charge in [0.05, 0.1) is 22.4 Å². The maximum Gasteiger partial charge on any atom is 0.308 e. The van der Waals surface area contributed by atoms with Crippen LogP contribution < -0.4 is 10.0 Å². The molecule has 0 aliphatic carbocycles. The minimum absolute atomic E-state index is 0.0407. The zero-order chi connectivity index (χ0) is 22.6. The molecule has 3 rings (SSSR count). The Morgan fingerprint density at radius 3 is 2.10 bits per heavy atom. The molecular formula is C20H19N3O7S. The largest absolute Gasteiger partial charge is 0.444 e. The number of hydrogen-bond donors (Lipinski definition) is 2. The van der Waals surface area contributed by atoms with Crippen molar-refractivity contribution in [3.63, 3.8) is 0 Å². The van der Waals surface area contributed by atoms with E-state index in [4.69, 9.17) is 4.74 Å². The highest BCUT2D eigenvalue weighted by Crippen LogP contribution is 2.22. The monoisotopic (exact) mass is 445 g/mol.